The number of nitrogens with zero attached hydrogens (tertiary/aromatic N) is 4. The average molecular weight is 400 g/mol. The standard InChI is InChI=1S/C21H20N8O/c1-23-21(30)15-8-16(11-24-10-15)28-18-12-26-19(22)20(29-18)27-9-13-4-5-17-14(7-13)3-2-6-25-17/h2-8,10-12H,9H2,1H3,(H2,22,26)(H,23,30)(H2,27,28,29). The van der Waals surface area contributed by atoms with E-state index in [1.807, 2.05) is 24.3 Å². The van der Waals surface area contributed by atoms with Gasteiger partial charge in [0.2, 0.25) is 0 Å². The van der Waals surface area contributed by atoms with Crippen LogP contribution in [0.3, 0.4) is 0 Å². The van der Waals surface area contributed by atoms with Crippen LogP contribution in [0.5, 0.6) is 0 Å². The fraction of sp³-hybridized carbons (Fsp3) is 0.0952. The van der Waals surface area contributed by atoms with Crippen molar-refractivity contribution in [2.24, 2.45) is 0 Å². The third-order valence-electron chi connectivity index (χ3n) is 4.43. The third kappa shape index (κ3) is 4.25. The second-order valence-electron chi connectivity index (χ2n) is 6.54. The summed E-state index contributed by atoms with van der Waals surface area (Å²) >= 11 is 0. The Balaban J connectivity index is 1.49. The number of fused-ring (bicyclic) bond motifs is 1. The van der Waals surface area contributed by atoms with E-state index in [0.717, 1.165) is 16.5 Å². The average Bonchev–Trinajstić information content (AvgIpc) is 2.79. The number of pyridine rings is 2. The molecule has 1 aromatic carbocycles. The van der Waals surface area contributed by atoms with Crippen LogP contribution in [0.4, 0.5) is 23.1 Å². The van der Waals surface area contributed by atoms with Crippen molar-refractivity contribution in [3.8, 4) is 0 Å². The van der Waals surface area contributed by atoms with Gasteiger partial charge >= 0.3 is 0 Å². The molecule has 0 aliphatic carbocycles. The zero-order valence-corrected chi connectivity index (χ0v) is 16.3. The molecule has 9 nitrogen and oxygen atoms in total. The van der Waals surface area contributed by atoms with Crippen LogP contribution in [-0.2, 0) is 6.54 Å². The summed E-state index contributed by atoms with van der Waals surface area (Å²) in [6, 6.07) is 11.7. The van der Waals surface area contributed by atoms with E-state index in [1.165, 1.54) is 12.4 Å². The number of nitrogens with two attached hydrogens (primary N) is 1. The van der Waals surface area contributed by atoms with Gasteiger partial charge in [-0.3, -0.25) is 14.8 Å². The minimum absolute atomic E-state index is 0.220. The van der Waals surface area contributed by atoms with Gasteiger partial charge in [0, 0.05) is 31.4 Å². The molecule has 0 fully saturated rings. The molecule has 0 spiro atoms. The van der Waals surface area contributed by atoms with E-state index in [4.69, 9.17) is 5.73 Å². The molecule has 0 radical (unpaired) electrons. The maximum absolute atomic E-state index is 11.8. The van der Waals surface area contributed by atoms with Gasteiger partial charge in [0.25, 0.3) is 5.91 Å². The topological polar surface area (TPSA) is 131 Å². The predicted molar refractivity (Wildman–Crippen MR) is 116 cm³/mol. The molecule has 0 aliphatic heterocycles. The third-order valence-corrected chi connectivity index (χ3v) is 4.43. The van der Waals surface area contributed by atoms with Crippen molar-refractivity contribution in [3.63, 3.8) is 0 Å². The van der Waals surface area contributed by atoms with Crippen LogP contribution in [0.25, 0.3) is 10.9 Å². The van der Waals surface area contributed by atoms with Crippen molar-refractivity contribution < 1.29 is 4.79 Å². The highest BCUT2D eigenvalue weighted by Crippen LogP contribution is 2.21. The first-order valence-corrected chi connectivity index (χ1v) is 9.26. The van der Waals surface area contributed by atoms with E-state index in [0.29, 0.717) is 35.2 Å². The monoisotopic (exact) mass is 400 g/mol. The lowest BCUT2D eigenvalue weighted by atomic mass is 10.1. The quantitative estimate of drug-likeness (QED) is 0.389. The van der Waals surface area contributed by atoms with Crippen molar-refractivity contribution in [2.75, 3.05) is 23.4 Å². The van der Waals surface area contributed by atoms with E-state index in [-0.39, 0.29) is 5.91 Å². The van der Waals surface area contributed by atoms with E-state index in [2.05, 4.69) is 42.0 Å². The molecule has 3 aromatic heterocycles. The van der Waals surface area contributed by atoms with Gasteiger partial charge in [-0.1, -0.05) is 12.1 Å². The van der Waals surface area contributed by atoms with Gasteiger partial charge in [0.1, 0.15) is 0 Å². The number of nitrogen functional groups attached to an aromatic ring is 1. The van der Waals surface area contributed by atoms with Crippen molar-refractivity contribution >= 4 is 40.0 Å². The van der Waals surface area contributed by atoms with E-state index >= 15 is 0 Å². The molecule has 1 amide bonds. The lowest BCUT2D eigenvalue weighted by Gasteiger charge is -2.11. The van der Waals surface area contributed by atoms with Crippen LogP contribution in [0.1, 0.15) is 15.9 Å². The highest BCUT2D eigenvalue weighted by atomic mass is 16.1. The van der Waals surface area contributed by atoms with Gasteiger partial charge in [-0.2, -0.15) is 0 Å². The highest BCUT2D eigenvalue weighted by Gasteiger charge is 2.08. The number of hydrogen-bond acceptors (Lipinski definition) is 8. The van der Waals surface area contributed by atoms with Crippen LogP contribution in [0, 0.1) is 0 Å². The summed E-state index contributed by atoms with van der Waals surface area (Å²) in [6.45, 7) is 0.529. The minimum atomic E-state index is -0.220. The zero-order valence-electron chi connectivity index (χ0n) is 16.3. The van der Waals surface area contributed by atoms with Crippen LogP contribution in [0.15, 0.2) is 61.2 Å². The Morgan fingerprint density at radius 3 is 2.87 bits per heavy atom. The summed E-state index contributed by atoms with van der Waals surface area (Å²) in [5.41, 5.74) is 9.05. The fourth-order valence-electron chi connectivity index (χ4n) is 2.93. The van der Waals surface area contributed by atoms with E-state index in [9.17, 15) is 4.79 Å². The van der Waals surface area contributed by atoms with Crippen molar-refractivity contribution in [3.05, 3.63) is 72.3 Å². The SMILES string of the molecule is CNC(=O)c1cncc(Nc2cnc(N)c(NCc3ccc4ncccc4c3)n2)c1. The molecule has 0 saturated heterocycles. The maximum atomic E-state index is 11.8. The van der Waals surface area contributed by atoms with Crippen molar-refractivity contribution in [2.45, 2.75) is 6.54 Å². The summed E-state index contributed by atoms with van der Waals surface area (Å²) in [4.78, 5) is 28.9. The Labute approximate surface area is 172 Å². The molecule has 4 aromatic rings. The number of rotatable bonds is 6. The minimum Gasteiger partial charge on any atom is -0.381 e. The van der Waals surface area contributed by atoms with Crippen LogP contribution in [-0.4, -0.2) is 32.9 Å². The molecule has 3 heterocycles. The molecule has 150 valence electrons. The molecular formula is C21H20N8O. The Morgan fingerprint density at radius 2 is 2.00 bits per heavy atom. The molecule has 4 rings (SSSR count). The first kappa shape index (κ1) is 19.1. The molecule has 0 unspecified atom stereocenters. The number of amides is 1. The van der Waals surface area contributed by atoms with Gasteiger partial charge in [-0.05, 0) is 29.8 Å². The fourth-order valence-corrected chi connectivity index (χ4v) is 2.93. The van der Waals surface area contributed by atoms with Gasteiger partial charge in [0.05, 0.1) is 29.2 Å². The number of anilines is 4. The summed E-state index contributed by atoms with van der Waals surface area (Å²) in [5, 5.41) is 9.95. The normalized spacial score (nSPS) is 10.6. The molecule has 0 aliphatic rings. The molecular weight excluding hydrogens is 380 g/mol. The number of carbonyl (C=O) groups excluding carboxylic acids is 1. The largest absolute Gasteiger partial charge is 0.381 e. The van der Waals surface area contributed by atoms with Crippen molar-refractivity contribution in [1.29, 1.82) is 0 Å². The predicted octanol–water partition coefficient (Wildman–Crippen LogP) is 2.72. The first-order chi connectivity index (χ1) is 14.6. The summed E-state index contributed by atoms with van der Waals surface area (Å²) in [6.07, 6.45) is 6.38. The Kier molecular flexibility index (Phi) is 5.33. The molecule has 0 atom stereocenters. The number of benzene rings is 1. The molecule has 9 heteroatoms. The smallest absolute Gasteiger partial charge is 0.252 e. The van der Waals surface area contributed by atoms with Crippen LogP contribution < -0.4 is 21.7 Å². The Bertz CT molecular complexity index is 1210. The Hall–Kier alpha value is -4.27. The number of hydrogen-bond donors (Lipinski definition) is 4. The second-order valence-corrected chi connectivity index (χ2v) is 6.54. The summed E-state index contributed by atoms with van der Waals surface area (Å²) in [5.74, 6) is 1.01. The molecule has 0 bridgehead atoms. The second kappa shape index (κ2) is 8.39. The highest BCUT2D eigenvalue weighted by molar-refractivity contribution is 5.94. The number of carbonyl (C=O) groups is 1. The van der Waals surface area contributed by atoms with Gasteiger partial charge in [0.15, 0.2) is 17.5 Å². The van der Waals surface area contributed by atoms with Gasteiger partial charge in [-0.25, -0.2) is 9.97 Å². The number of nitrogens with one attached hydrogen (secondary N) is 3. The zero-order chi connectivity index (χ0) is 20.9. The molecule has 0 saturated carbocycles. The molecule has 5 N–H and O–H groups in total. The van der Waals surface area contributed by atoms with Crippen LogP contribution >= 0.6 is 0 Å². The van der Waals surface area contributed by atoms with Crippen molar-refractivity contribution in [1.82, 2.24) is 25.3 Å². The van der Waals surface area contributed by atoms with Gasteiger partial charge < -0.3 is 21.7 Å². The van der Waals surface area contributed by atoms with Crippen LogP contribution in [0.2, 0.25) is 0 Å². The number of aromatic nitrogens is 4. The molecule has 30 heavy (non-hydrogen) atoms. The Morgan fingerprint density at radius 1 is 1.10 bits per heavy atom. The maximum Gasteiger partial charge on any atom is 0.252 e. The van der Waals surface area contributed by atoms with E-state index in [1.54, 1.807) is 25.5 Å². The first-order valence-electron chi connectivity index (χ1n) is 9.26. The summed E-state index contributed by atoms with van der Waals surface area (Å²) < 4.78 is 0. The lowest BCUT2D eigenvalue weighted by molar-refractivity contribution is 0.0963. The lowest BCUT2D eigenvalue weighted by Crippen LogP contribution is -2.18. The summed E-state index contributed by atoms with van der Waals surface area (Å²) in [7, 11) is 1.57. The van der Waals surface area contributed by atoms with Gasteiger partial charge in [-0.15, -0.1) is 0 Å². The van der Waals surface area contributed by atoms with E-state index < -0.39 is 0 Å².